The Morgan fingerprint density at radius 3 is 2.00 bits per heavy atom. The molecule has 7 heteroatoms. The lowest BCUT2D eigenvalue weighted by Gasteiger charge is -2.29. The van der Waals surface area contributed by atoms with Crippen LogP contribution in [0.5, 0.6) is 0 Å². The average Bonchev–Trinajstić information content (AvgIpc) is 2.85. The van der Waals surface area contributed by atoms with Gasteiger partial charge in [0.05, 0.1) is 18.7 Å². The second kappa shape index (κ2) is 23.9. The van der Waals surface area contributed by atoms with Crippen LogP contribution in [0.1, 0.15) is 80.7 Å². The Labute approximate surface area is 220 Å². The number of carbonyl (C=O) groups is 2. The molecular weight excluding hydrogens is 456 g/mol. The fraction of sp³-hybridized carbons (Fsp3) is 0.586. The van der Waals surface area contributed by atoms with Gasteiger partial charge < -0.3 is 24.8 Å². The second-order valence-electron chi connectivity index (χ2n) is 8.41. The number of likely N-dealkylation sites (N-methyl/N-ethyl adjacent to an activating group) is 1. The van der Waals surface area contributed by atoms with Crippen LogP contribution in [0, 0.1) is 0 Å². The number of rotatable bonds is 9. The predicted molar refractivity (Wildman–Crippen MR) is 151 cm³/mol. The molecule has 36 heavy (non-hydrogen) atoms. The quantitative estimate of drug-likeness (QED) is 0.347. The Hall–Kier alpha value is -2.80. The molecule has 0 aliphatic carbocycles. The van der Waals surface area contributed by atoms with E-state index in [9.17, 15) is 14.7 Å². The number of benzene rings is 1. The summed E-state index contributed by atoms with van der Waals surface area (Å²) in [5.41, 5.74) is 0.268. The second-order valence-corrected chi connectivity index (χ2v) is 8.41. The highest BCUT2D eigenvalue weighted by molar-refractivity contribution is 5.68. The van der Waals surface area contributed by atoms with Gasteiger partial charge >= 0.3 is 12.2 Å². The minimum absolute atomic E-state index is 0.0540. The number of allylic oxidation sites excluding steroid dienone is 2. The van der Waals surface area contributed by atoms with E-state index in [1.807, 2.05) is 64.1 Å². The van der Waals surface area contributed by atoms with Crippen LogP contribution in [0.25, 0.3) is 0 Å². The summed E-state index contributed by atoms with van der Waals surface area (Å²) in [4.78, 5) is 25.6. The number of aliphatic hydroxyl groups excluding tert-OH is 1. The number of amides is 2. The number of hydrogen-bond acceptors (Lipinski definition) is 5. The Balaban J connectivity index is -0.00000105. The van der Waals surface area contributed by atoms with E-state index in [4.69, 9.17) is 9.47 Å². The van der Waals surface area contributed by atoms with Crippen molar-refractivity contribution >= 4 is 12.2 Å². The maximum absolute atomic E-state index is 12.3. The standard InChI is InChI=1S/C20H32N2O5.C4H8.C3H6.C2H6/c1-6-16(21-18(24)27-20(3,4)5)17(23)13-22(7-2)19(25)26-14-15-11-9-8-10-12-15;1-3-4-2;1-3-2;1-2/h8-12,16-17,23H,6-7,13-14H2,1-5H3,(H,21,24);3H,1,4H2,2H3;3H,1H2,2H3;1-2H3/t16-,17+;;;/m0.../s1. The largest absolute Gasteiger partial charge is 0.445 e. The molecule has 0 unspecified atom stereocenters. The lowest BCUT2D eigenvalue weighted by atomic mass is 10.1. The maximum atomic E-state index is 12.3. The normalized spacial score (nSPS) is 11.3. The first-order valence-corrected chi connectivity index (χ1v) is 12.8. The van der Waals surface area contributed by atoms with E-state index < -0.39 is 29.9 Å². The zero-order valence-corrected chi connectivity index (χ0v) is 24.2. The number of alkyl carbamates (subject to hydrolysis) is 1. The maximum Gasteiger partial charge on any atom is 0.410 e. The molecule has 0 bridgehead atoms. The van der Waals surface area contributed by atoms with Gasteiger partial charge in [-0.15, -0.1) is 13.2 Å². The lowest BCUT2D eigenvalue weighted by Crippen LogP contribution is -2.50. The van der Waals surface area contributed by atoms with Crippen LogP contribution in [-0.4, -0.2) is 53.0 Å². The molecule has 1 aromatic carbocycles. The molecular formula is C29H52N2O5. The van der Waals surface area contributed by atoms with Gasteiger partial charge in [0, 0.05) is 6.54 Å². The molecule has 1 aromatic rings. The summed E-state index contributed by atoms with van der Waals surface area (Å²) in [6.07, 6.45) is 3.17. The zero-order chi connectivity index (χ0) is 28.6. The van der Waals surface area contributed by atoms with Crippen LogP contribution >= 0.6 is 0 Å². The van der Waals surface area contributed by atoms with E-state index in [1.165, 1.54) is 4.90 Å². The van der Waals surface area contributed by atoms with Crippen LogP contribution in [-0.2, 0) is 16.1 Å². The molecule has 0 heterocycles. The van der Waals surface area contributed by atoms with Crippen molar-refractivity contribution in [3.05, 3.63) is 61.2 Å². The SMILES string of the molecule is C=CC.C=CCC.CC.CC[C@H](NC(=O)OC(C)(C)C)[C@H](O)CN(CC)C(=O)OCc1ccccc1. The molecule has 2 N–H and O–H groups in total. The summed E-state index contributed by atoms with van der Waals surface area (Å²) in [5, 5.41) is 13.1. The van der Waals surface area contributed by atoms with Crippen molar-refractivity contribution < 1.29 is 24.2 Å². The molecule has 0 aliphatic rings. The van der Waals surface area contributed by atoms with Gasteiger partial charge in [0.2, 0.25) is 0 Å². The third kappa shape index (κ3) is 21.7. The first-order valence-electron chi connectivity index (χ1n) is 12.8. The van der Waals surface area contributed by atoms with E-state index >= 15 is 0 Å². The molecule has 208 valence electrons. The van der Waals surface area contributed by atoms with Crippen molar-refractivity contribution in [3.63, 3.8) is 0 Å². The Kier molecular flexibility index (Phi) is 25.1. The summed E-state index contributed by atoms with van der Waals surface area (Å²) in [6, 6.07) is 8.85. The van der Waals surface area contributed by atoms with Crippen LogP contribution in [0.2, 0.25) is 0 Å². The minimum Gasteiger partial charge on any atom is -0.445 e. The first-order chi connectivity index (χ1) is 17.0. The summed E-state index contributed by atoms with van der Waals surface area (Å²) in [6.45, 7) is 24.3. The molecule has 1 rings (SSSR count). The summed E-state index contributed by atoms with van der Waals surface area (Å²) < 4.78 is 10.5. The Morgan fingerprint density at radius 2 is 1.61 bits per heavy atom. The number of carbonyl (C=O) groups excluding carboxylic acids is 2. The fourth-order valence-electron chi connectivity index (χ4n) is 2.43. The number of nitrogens with zero attached hydrogens (tertiary/aromatic N) is 1. The van der Waals surface area contributed by atoms with Crippen molar-refractivity contribution in [2.45, 2.75) is 99.5 Å². The van der Waals surface area contributed by atoms with Crippen molar-refractivity contribution in [2.75, 3.05) is 13.1 Å². The topological polar surface area (TPSA) is 88.1 Å². The molecule has 0 fully saturated rings. The predicted octanol–water partition coefficient (Wildman–Crippen LogP) is 7.11. The van der Waals surface area contributed by atoms with Gasteiger partial charge in [0.15, 0.2) is 0 Å². The molecule has 0 saturated carbocycles. The first kappa shape index (κ1) is 37.7. The van der Waals surface area contributed by atoms with Gasteiger partial charge in [-0.1, -0.05) is 70.2 Å². The highest BCUT2D eigenvalue weighted by atomic mass is 16.6. The van der Waals surface area contributed by atoms with E-state index in [0.717, 1.165) is 12.0 Å². The number of nitrogens with one attached hydrogen (secondary N) is 1. The highest BCUT2D eigenvalue weighted by Gasteiger charge is 2.26. The van der Waals surface area contributed by atoms with Crippen LogP contribution < -0.4 is 5.32 Å². The van der Waals surface area contributed by atoms with E-state index in [-0.39, 0.29) is 13.2 Å². The highest BCUT2D eigenvalue weighted by Crippen LogP contribution is 2.10. The van der Waals surface area contributed by atoms with E-state index in [1.54, 1.807) is 33.8 Å². The van der Waals surface area contributed by atoms with Gasteiger partial charge in [-0.25, -0.2) is 9.59 Å². The molecule has 0 saturated heterocycles. The third-order valence-electron chi connectivity index (χ3n) is 4.15. The third-order valence-corrected chi connectivity index (χ3v) is 4.15. The van der Waals surface area contributed by atoms with Gasteiger partial charge in [0.1, 0.15) is 12.2 Å². The Bertz CT molecular complexity index is 687. The Morgan fingerprint density at radius 1 is 1.11 bits per heavy atom. The average molecular weight is 509 g/mol. The van der Waals surface area contributed by atoms with E-state index in [2.05, 4.69) is 25.4 Å². The van der Waals surface area contributed by atoms with Gasteiger partial charge in [-0.05, 0) is 53.0 Å². The molecule has 0 radical (unpaired) electrons. The van der Waals surface area contributed by atoms with Crippen LogP contribution in [0.4, 0.5) is 9.59 Å². The van der Waals surface area contributed by atoms with E-state index in [0.29, 0.717) is 13.0 Å². The van der Waals surface area contributed by atoms with Gasteiger partial charge in [-0.2, -0.15) is 0 Å². The number of ether oxygens (including phenoxy) is 2. The fourth-order valence-corrected chi connectivity index (χ4v) is 2.43. The monoisotopic (exact) mass is 508 g/mol. The van der Waals surface area contributed by atoms with Crippen LogP contribution in [0.15, 0.2) is 55.6 Å². The molecule has 7 nitrogen and oxygen atoms in total. The van der Waals surface area contributed by atoms with Crippen molar-refractivity contribution in [2.24, 2.45) is 0 Å². The molecule has 2 amide bonds. The summed E-state index contributed by atoms with van der Waals surface area (Å²) >= 11 is 0. The zero-order valence-electron chi connectivity index (χ0n) is 24.2. The molecule has 0 spiro atoms. The summed E-state index contributed by atoms with van der Waals surface area (Å²) in [5.74, 6) is 0. The van der Waals surface area contributed by atoms with Gasteiger partial charge in [-0.3, -0.25) is 0 Å². The van der Waals surface area contributed by atoms with Crippen molar-refractivity contribution in [1.82, 2.24) is 10.2 Å². The number of hydrogen-bond donors (Lipinski definition) is 2. The molecule has 0 aliphatic heterocycles. The summed E-state index contributed by atoms with van der Waals surface area (Å²) in [7, 11) is 0. The lowest BCUT2D eigenvalue weighted by molar-refractivity contribution is 0.0338. The molecule has 0 aromatic heterocycles. The number of aliphatic hydroxyl groups is 1. The minimum atomic E-state index is -0.938. The van der Waals surface area contributed by atoms with Crippen molar-refractivity contribution in [1.29, 1.82) is 0 Å². The van der Waals surface area contributed by atoms with Gasteiger partial charge in [0.25, 0.3) is 0 Å². The smallest absolute Gasteiger partial charge is 0.410 e. The molecule has 2 atom stereocenters. The van der Waals surface area contributed by atoms with Crippen LogP contribution in [0.3, 0.4) is 0 Å². The van der Waals surface area contributed by atoms with Crippen molar-refractivity contribution in [3.8, 4) is 0 Å².